The molecular weight excluding hydrogens is 202 g/mol. The number of nitrogens with zero attached hydrogens (tertiary/aromatic N) is 3. The first-order valence-electron chi connectivity index (χ1n) is 5.45. The minimum absolute atomic E-state index is 0.506. The lowest BCUT2D eigenvalue weighted by molar-refractivity contribution is 0.194. The van der Waals surface area contributed by atoms with E-state index in [0.717, 1.165) is 12.2 Å². The minimum atomic E-state index is -0.539. The number of aliphatic hydroxyl groups excluding tert-OH is 1. The summed E-state index contributed by atoms with van der Waals surface area (Å²) in [6.45, 7) is 5.29. The number of aliphatic hydroxyl groups is 1. The summed E-state index contributed by atoms with van der Waals surface area (Å²) in [7, 11) is 0. The van der Waals surface area contributed by atoms with E-state index in [2.05, 4.69) is 16.0 Å². The Bertz CT molecular complexity index is 354. The minimum Gasteiger partial charge on any atom is -0.387 e. The highest BCUT2D eigenvalue weighted by Gasteiger charge is 2.06. The summed E-state index contributed by atoms with van der Waals surface area (Å²) >= 11 is 0. The highest BCUT2D eigenvalue weighted by molar-refractivity contribution is 5.44. The van der Waals surface area contributed by atoms with Gasteiger partial charge in [0.25, 0.3) is 0 Å². The maximum absolute atomic E-state index is 9.33. The molecular formula is C12H17N3O. The molecule has 0 spiro atoms. The van der Waals surface area contributed by atoms with Gasteiger partial charge in [-0.25, -0.2) is 0 Å². The quantitative estimate of drug-likeness (QED) is 0.821. The van der Waals surface area contributed by atoms with Crippen LogP contribution >= 0.6 is 0 Å². The first kappa shape index (κ1) is 12.5. The summed E-state index contributed by atoms with van der Waals surface area (Å²) in [5.74, 6) is 0. The van der Waals surface area contributed by atoms with Crippen LogP contribution in [0.3, 0.4) is 0 Å². The molecule has 1 unspecified atom stereocenters. The summed E-state index contributed by atoms with van der Waals surface area (Å²) in [6.07, 6.45) is 1.71. The van der Waals surface area contributed by atoms with Gasteiger partial charge in [-0.3, -0.25) is 4.98 Å². The standard InChI is InChI=1S/C12H17N3O/c1-3-15(8-4-7-13)11-5-6-12(10(2)16)14-9-11/h5-6,9-10,16H,3-4,8H2,1-2H3. The summed E-state index contributed by atoms with van der Waals surface area (Å²) < 4.78 is 0. The zero-order chi connectivity index (χ0) is 12.0. The molecule has 0 bridgehead atoms. The molecule has 4 heteroatoms. The van der Waals surface area contributed by atoms with Gasteiger partial charge in [0.15, 0.2) is 0 Å². The molecule has 0 fully saturated rings. The van der Waals surface area contributed by atoms with E-state index in [1.807, 2.05) is 19.1 Å². The first-order valence-corrected chi connectivity index (χ1v) is 5.45. The van der Waals surface area contributed by atoms with Gasteiger partial charge in [-0.05, 0) is 26.0 Å². The maximum atomic E-state index is 9.33. The largest absolute Gasteiger partial charge is 0.387 e. The van der Waals surface area contributed by atoms with Crippen LogP contribution in [0.15, 0.2) is 18.3 Å². The normalized spacial score (nSPS) is 11.9. The van der Waals surface area contributed by atoms with Gasteiger partial charge < -0.3 is 10.0 Å². The predicted octanol–water partition coefficient (Wildman–Crippen LogP) is 1.87. The van der Waals surface area contributed by atoms with Crippen LogP contribution in [-0.4, -0.2) is 23.2 Å². The van der Waals surface area contributed by atoms with Crippen LogP contribution in [0.4, 0.5) is 5.69 Å². The fourth-order valence-electron chi connectivity index (χ4n) is 1.49. The second kappa shape index (κ2) is 6.09. The molecule has 1 rings (SSSR count). The van der Waals surface area contributed by atoms with Crippen molar-refractivity contribution in [1.29, 1.82) is 5.26 Å². The van der Waals surface area contributed by atoms with E-state index in [1.54, 1.807) is 13.1 Å². The van der Waals surface area contributed by atoms with Crippen molar-refractivity contribution in [2.75, 3.05) is 18.0 Å². The number of hydrogen-bond acceptors (Lipinski definition) is 4. The monoisotopic (exact) mass is 219 g/mol. The van der Waals surface area contributed by atoms with Crippen LogP contribution in [0.5, 0.6) is 0 Å². The van der Waals surface area contributed by atoms with E-state index < -0.39 is 6.10 Å². The van der Waals surface area contributed by atoms with Crippen LogP contribution in [0, 0.1) is 11.3 Å². The van der Waals surface area contributed by atoms with Gasteiger partial charge in [-0.15, -0.1) is 0 Å². The van der Waals surface area contributed by atoms with E-state index in [9.17, 15) is 5.11 Å². The molecule has 1 heterocycles. The van der Waals surface area contributed by atoms with Crippen molar-refractivity contribution in [3.8, 4) is 6.07 Å². The number of anilines is 1. The van der Waals surface area contributed by atoms with Crippen LogP contribution in [-0.2, 0) is 0 Å². The van der Waals surface area contributed by atoms with Crippen LogP contribution < -0.4 is 4.90 Å². The van der Waals surface area contributed by atoms with E-state index >= 15 is 0 Å². The van der Waals surface area contributed by atoms with Crippen molar-refractivity contribution in [3.05, 3.63) is 24.0 Å². The molecule has 4 nitrogen and oxygen atoms in total. The lowest BCUT2D eigenvalue weighted by atomic mass is 10.2. The molecule has 16 heavy (non-hydrogen) atoms. The molecule has 0 aliphatic carbocycles. The van der Waals surface area contributed by atoms with E-state index in [-0.39, 0.29) is 0 Å². The van der Waals surface area contributed by atoms with Crippen molar-refractivity contribution in [3.63, 3.8) is 0 Å². The third-order valence-electron chi connectivity index (χ3n) is 2.44. The van der Waals surface area contributed by atoms with Crippen molar-refractivity contribution in [2.45, 2.75) is 26.4 Å². The molecule has 86 valence electrons. The van der Waals surface area contributed by atoms with Crippen LogP contribution in [0.1, 0.15) is 32.1 Å². The van der Waals surface area contributed by atoms with Crippen molar-refractivity contribution < 1.29 is 5.11 Å². The van der Waals surface area contributed by atoms with Crippen molar-refractivity contribution in [2.24, 2.45) is 0 Å². The lowest BCUT2D eigenvalue weighted by Crippen LogP contribution is -2.23. The van der Waals surface area contributed by atoms with Crippen LogP contribution in [0.2, 0.25) is 0 Å². The molecule has 0 aliphatic heterocycles. The fourth-order valence-corrected chi connectivity index (χ4v) is 1.49. The molecule has 0 aliphatic rings. The smallest absolute Gasteiger partial charge is 0.0931 e. The topological polar surface area (TPSA) is 60.2 Å². The average molecular weight is 219 g/mol. The van der Waals surface area contributed by atoms with Gasteiger partial charge in [-0.2, -0.15) is 5.26 Å². The number of nitriles is 1. The van der Waals surface area contributed by atoms with E-state index in [0.29, 0.717) is 18.7 Å². The average Bonchev–Trinajstić information content (AvgIpc) is 2.30. The van der Waals surface area contributed by atoms with Crippen molar-refractivity contribution >= 4 is 5.69 Å². The van der Waals surface area contributed by atoms with Crippen LogP contribution in [0.25, 0.3) is 0 Å². The van der Waals surface area contributed by atoms with Crippen molar-refractivity contribution in [1.82, 2.24) is 4.98 Å². The molecule has 1 N–H and O–H groups in total. The molecule has 0 saturated heterocycles. The molecule has 0 aromatic carbocycles. The second-order valence-electron chi connectivity index (χ2n) is 3.61. The highest BCUT2D eigenvalue weighted by Crippen LogP contribution is 2.16. The SMILES string of the molecule is CCN(CCC#N)c1ccc(C(C)O)nc1. The number of pyridine rings is 1. The predicted molar refractivity (Wildman–Crippen MR) is 63.0 cm³/mol. The Balaban J connectivity index is 2.75. The highest BCUT2D eigenvalue weighted by atomic mass is 16.3. The zero-order valence-electron chi connectivity index (χ0n) is 9.72. The Kier molecular flexibility index (Phi) is 4.74. The zero-order valence-corrected chi connectivity index (χ0v) is 9.72. The van der Waals surface area contributed by atoms with E-state index in [4.69, 9.17) is 5.26 Å². The summed E-state index contributed by atoms with van der Waals surface area (Å²) in [4.78, 5) is 6.27. The lowest BCUT2D eigenvalue weighted by Gasteiger charge is -2.21. The van der Waals surface area contributed by atoms with Gasteiger partial charge in [0.2, 0.25) is 0 Å². The Morgan fingerprint density at radius 2 is 2.31 bits per heavy atom. The number of hydrogen-bond donors (Lipinski definition) is 1. The molecule has 1 aromatic rings. The summed E-state index contributed by atoms with van der Waals surface area (Å²) in [6, 6.07) is 5.87. The molecule has 0 saturated carbocycles. The Hall–Kier alpha value is -1.60. The van der Waals surface area contributed by atoms with Gasteiger partial charge in [-0.1, -0.05) is 0 Å². The third kappa shape index (κ3) is 3.21. The molecule has 1 atom stereocenters. The first-order chi connectivity index (χ1) is 7.69. The summed E-state index contributed by atoms with van der Waals surface area (Å²) in [5.41, 5.74) is 1.65. The molecule has 0 amide bonds. The molecule has 1 aromatic heterocycles. The van der Waals surface area contributed by atoms with Gasteiger partial charge in [0.1, 0.15) is 0 Å². The maximum Gasteiger partial charge on any atom is 0.0931 e. The number of rotatable bonds is 5. The van der Waals surface area contributed by atoms with Gasteiger partial charge in [0.05, 0.1) is 36.2 Å². The Labute approximate surface area is 96.2 Å². The fraction of sp³-hybridized carbons (Fsp3) is 0.500. The Morgan fingerprint density at radius 1 is 1.56 bits per heavy atom. The van der Waals surface area contributed by atoms with Gasteiger partial charge in [0, 0.05) is 13.1 Å². The van der Waals surface area contributed by atoms with Gasteiger partial charge >= 0.3 is 0 Å². The molecule has 0 radical (unpaired) electrons. The summed E-state index contributed by atoms with van der Waals surface area (Å²) in [5, 5.41) is 17.9. The number of aromatic nitrogens is 1. The Morgan fingerprint density at radius 3 is 2.75 bits per heavy atom. The third-order valence-corrected chi connectivity index (χ3v) is 2.44. The second-order valence-corrected chi connectivity index (χ2v) is 3.61. The van der Waals surface area contributed by atoms with E-state index in [1.165, 1.54) is 0 Å².